The first-order chi connectivity index (χ1) is 14.6. The molecule has 9 heteroatoms. The van der Waals surface area contributed by atoms with Crippen LogP contribution in [-0.2, 0) is 10.9 Å². The second-order valence-electron chi connectivity index (χ2n) is 6.95. The van der Waals surface area contributed by atoms with Crippen LogP contribution in [-0.4, -0.2) is 24.4 Å². The highest BCUT2D eigenvalue weighted by atomic mass is 32.2. The Morgan fingerprint density at radius 3 is 2.80 bits per heavy atom. The molecule has 0 bridgehead atoms. The maximum Gasteiger partial charge on any atom is 0.295 e. The van der Waals surface area contributed by atoms with E-state index in [-0.39, 0.29) is 12.1 Å². The van der Waals surface area contributed by atoms with E-state index in [1.165, 1.54) is 0 Å². The number of hydrogen-bond acceptors (Lipinski definition) is 7. The summed E-state index contributed by atoms with van der Waals surface area (Å²) in [5.74, 6) is 0.698. The third-order valence-corrected chi connectivity index (χ3v) is 6.08. The number of anilines is 1. The molecule has 0 saturated carbocycles. The maximum absolute atomic E-state index is 10.9. The predicted octanol–water partition coefficient (Wildman–Crippen LogP) is 4.02. The summed E-state index contributed by atoms with van der Waals surface area (Å²) in [4.78, 5) is 9.02. The van der Waals surface area contributed by atoms with E-state index >= 15 is 0 Å². The van der Waals surface area contributed by atoms with Crippen LogP contribution in [0.5, 0.6) is 0 Å². The average molecular weight is 443 g/mol. The van der Waals surface area contributed by atoms with Crippen molar-refractivity contribution in [3.8, 4) is 11.3 Å². The zero-order valence-electron chi connectivity index (χ0n) is 16.3. The van der Waals surface area contributed by atoms with Crippen molar-refractivity contribution < 1.29 is 12.8 Å². The van der Waals surface area contributed by atoms with Gasteiger partial charge in [0.2, 0.25) is 10.9 Å². The van der Waals surface area contributed by atoms with Crippen molar-refractivity contribution in [2.75, 3.05) is 5.32 Å². The van der Waals surface area contributed by atoms with Gasteiger partial charge in [-0.1, -0.05) is 48.6 Å². The van der Waals surface area contributed by atoms with Crippen molar-refractivity contribution in [3.63, 3.8) is 0 Å². The minimum Gasteiger partial charge on any atom is -0.424 e. The van der Waals surface area contributed by atoms with Gasteiger partial charge < -0.3 is 9.73 Å². The van der Waals surface area contributed by atoms with E-state index in [0.717, 1.165) is 21.8 Å². The van der Waals surface area contributed by atoms with Gasteiger partial charge in [-0.05, 0) is 25.3 Å². The fourth-order valence-corrected chi connectivity index (χ4v) is 4.41. The lowest BCUT2D eigenvalue weighted by molar-refractivity contribution is 0.567. The molecule has 7 nitrogen and oxygen atoms in total. The average Bonchev–Trinajstić information content (AvgIpc) is 3.38. The van der Waals surface area contributed by atoms with Gasteiger partial charge >= 0.3 is 0 Å². The standard InChI is InChI=1S/C21H22N4O3S2/c1-14-23-19(13-29-14)18(11-15-7-9-17(10-8-15)25-30(26)27)24-21-22-12-20(28-21)16-5-3-2-4-6-16/h2-9,12-13,17-18,30H,10-11H2,1H3,(H,22,24)(H,25,26,27)/t17?,18-/m0/s1. The summed E-state index contributed by atoms with van der Waals surface area (Å²) in [7, 11) is -2.61. The topological polar surface area (TPSA) is 97.1 Å². The summed E-state index contributed by atoms with van der Waals surface area (Å²) in [6.07, 6.45) is 8.89. The number of thiol groups is 1. The number of oxazole rings is 1. The van der Waals surface area contributed by atoms with Crippen molar-refractivity contribution in [2.24, 2.45) is 0 Å². The molecule has 30 heavy (non-hydrogen) atoms. The quantitative estimate of drug-likeness (QED) is 0.456. The number of allylic oxidation sites excluding steroid dienone is 1. The third-order valence-electron chi connectivity index (χ3n) is 4.74. The van der Waals surface area contributed by atoms with E-state index in [1.807, 2.05) is 54.8 Å². The van der Waals surface area contributed by atoms with Crippen LogP contribution in [0, 0.1) is 6.92 Å². The lowest BCUT2D eigenvalue weighted by atomic mass is 9.97. The minimum absolute atomic E-state index is 0.117. The Kier molecular flexibility index (Phi) is 6.41. The normalized spacial score (nSPS) is 17.1. The Morgan fingerprint density at radius 2 is 2.13 bits per heavy atom. The highest BCUT2D eigenvalue weighted by Crippen LogP contribution is 2.30. The van der Waals surface area contributed by atoms with Gasteiger partial charge in [0.15, 0.2) is 5.76 Å². The van der Waals surface area contributed by atoms with Gasteiger partial charge in [-0.25, -0.2) is 23.1 Å². The van der Waals surface area contributed by atoms with Crippen LogP contribution >= 0.6 is 11.3 Å². The number of hydrogen-bond donors (Lipinski definition) is 3. The molecule has 0 saturated heterocycles. The van der Waals surface area contributed by atoms with Gasteiger partial charge in [0.25, 0.3) is 6.01 Å². The number of nitrogens with zero attached hydrogens (tertiary/aromatic N) is 2. The first kappa shape index (κ1) is 20.5. The Balaban J connectivity index is 1.50. The Morgan fingerprint density at radius 1 is 1.30 bits per heavy atom. The molecule has 1 aliphatic rings. The van der Waals surface area contributed by atoms with Crippen molar-refractivity contribution >= 4 is 28.2 Å². The smallest absolute Gasteiger partial charge is 0.295 e. The number of rotatable bonds is 8. The van der Waals surface area contributed by atoms with Gasteiger partial charge in [-0.15, -0.1) is 11.3 Å². The van der Waals surface area contributed by atoms with Crippen molar-refractivity contribution in [3.05, 3.63) is 76.4 Å². The highest BCUT2D eigenvalue weighted by molar-refractivity contribution is 7.70. The van der Waals surface area contributed by atoms with Crippen LogP contribution in [0.3, 0.4) is 0 Å². The van der Waals surface area contributed by atoms with Crippen LogP contribution in [0.15, 0.2) is 70.1 Å². The van der Waals surface area contributed by atoms with E-state index in [2.05, 4.69) is 26.1 Å². The summed E-state index contributed by atoms with van der Waals surface area (Å²) in [6.45, 7) is 1.98. The van der Waals surface area contributed by atoms with E-state index in [9.17, 15) is 8.42 Å². The molecule has 1 aromatic carbocycles. The Hall–Kier alpha value is -2.75. The molecule has 0 spiro atoms. The van der Waals surface area contributed by atoms with Gasteiger partial charge in [0, 0.05) is 17.0 Å². The fourth-order valence-electron chi connectivity index (χ4n) is 3.28. The monoisotopic (exact) mass is 442 g/mol. The number of aromatic nitrogens is 2. The first-order valence-corrected chi connectivity index (χ1v) is 11.6. The van der Waals surface area contributed by atoms with Gasteiger partial charge in [0.1, 0.15) is 0 Å². The largest absolute Gasteiger partial charge is 0.424 e. The number of benzene rings is 1. The zero-order chi connectivity index (χ0) is 20.9. The lowest BCUT2D eigenvalue weighted by Crippen LogP contribution is -2.26. The molecule has 3 aromatic rings. The molecule has 0 aliphatic heterocycles. The van der Waals surface area contributed by atoms with E-state index < -0.39 is 10.9 Å². The molecule has 2 atom stereocenters. The second kappa shape index (κ2) is 9.38. The van der Waals surface area contributed by atoms with Crippen LogP contribution in [0.1, 0.15) is 29.6 Å². The van der Waals surface area contributed by atoms with Crippen molar-refractivity contribution in [1.82, 2.24) is 14.7 Å². The third kappa shape index (κ3) is 5.24. The molecular formula is C21H22N4O3S2. The molecule has 0 radical (unpaired) electrons. The summed E-state index contributed by atoms with van der Waals surface area (Å²) in [5.41, 5.74) is 2.99. The SMILES string of the molecule is Cc1nc([C@H](CC2=CCC(N[SH](=O)=O)C=C2)Nc2ncc(-c3ccccc3)o2)cs1. The molecule has 0 fully saturated rings. The fraction of sp³-hybridized carbons (Fsp3) is 0.238. The molecule has 1 unspecified atom stereocenters. The molecule has 4 rings (SSSR count). The van der Waals surface area contributed by atoms with Crippen LogP contribution in [0.4, 0.5) is 6.01 Å². The first-order valence-electron chi connectivity index (χ1n) is 9.54. The zero-order valence-corrected chi connectivity index (χ0v) is 18.0. The summed E-state index contributed by atoms with van der Waals surface area (Å²) < 4.78 is 30.2. The molecule has 156 valence electrons. The molecule has 2 N–H and O–H groups in total. The van der Waals surface area contributed by atoms with E-state index in [0.29, 0.717) is 24.6 Å². The number of nitrogens with one attached hydrogen (secondary N) is 2. The van der Waals surface area contributed by atoms with Crippen LogP contribution in [0.2, 0.25) is 0 Å². The summed E-state index contributed by atoms with van der Waals surface area (Å²) in [5, 5.41) is 6.40. The second-order valence-corrected chi connectivity index (χ2v) is 8.79. The van der Waals surface area contributed by atoms with Crippen molar-refractivity contribution in [2.45, 2.75) is 31.8 Å². The Labute approximate surface area is 180 Å². The maximum atomic E-state index is 10.9. The van der Waals surface area contributed by atoms with Crippen molar-refractivity contribution in [1.29, 1.82) is 0 Å². The molecule has 2 heterocycles. The number of thiazole rings is 1. The van der Waals surface area contributed by atoms with Gasteiger partial charge in [-0.3, -0.25) is 0 Å². The van der Waals surface area contributed by atoms with E-state index in [4.69, 9.17) is 4.42 Å². The van der Waals surface area contributed by atoms with Gasteiger partial charge in [-0.2, -0.15) is 0 Å². The predicted molar refractivity (Wildman–Crippen MR) is 119 cm³/mol. The molecule has 0 amide bonds. The Bertz CT molecular complexity index is 1120. The minimum atomic E-state index is -2.61. The summed E-state index contributed by atoms with van der Waals surface area (Å²) in [6, 6.07) is 9.95. The van der Waals surface area contributed by atoms with Crippen LogP contribution < -0.4 is 10.0 Å². The highest BCUT2D eigenvalue weighted by Gasteiger charge is 2.20. The van der Waals surface area contributed by atoms with E-state index in [1.54, 1.807) is 17.5 Å². The molecule has 1 aliphatic carbocycles. The summed E-state index contributed by atoms with van der Waals surface area (Å²) >= 11 is 1.60. The van der Waals surface area contributed by atoms with Gasteiger partial charge in [0.05, 0.1) is 22.9 Å². The molecule has 2 aromatic heterocycles. The lowest BCUT2D eigenvalue weighted by Gasteiger charge is -2.19. The number of aryl methyl sites for hydroxylation is 1. The molecular weight excluding hydrogens is 420 g/mol. The van der Waals surface area contributed by atoms with Crippen LogP contribution in [0.25, 0.3) is 11.3 Å².